The molecule has 0 spiro atoms. The van der Waals surface area contributed by atoms with Crippen LogP contribution in [0.25, 0.3) is 0 Å². The maximum atomic E-state index is 5.52. The molecule has 1 fully saturated rings. The van der Waals surface area contributed by atoms with E-state index < -0.39 is 5.79 Å². The van der Waals surface area contributed by atoms with E-state index in [1.165, 1.54) is 0 Å². The Kier molecular flexibility index (Phi) is 8.71. The van der Waals surface area contributed by atoms with E-state index >= 15 is 0 Å². The Labute approximate surface area is 109 Å². The van der Waals surface area contributed by atoms with Gasteiger partial charge in [0.2, 0.25) is 0 Å². The van der Waals surface area contributed by atoms with Crippen LogP contribution in [0.2, 0.25) is 0 Å². The number of allylic oxidation sites excluding steroid dienone is 2. The molecule has 0 radical (unpaired) electrons. The Hall–Kier alpha value is 0.360. The number of rotatable bonds is 3. The highest BCUT2D eigenvalue weighted by atomic mass is 79.9. The highest BCUT2D eigenvalue weighted by Gasteiger charge is 2.30. The molecule has 0 saturated carbocycles. The summed E-state index contributed by atoms with van der Waals surface area (Å²) in [6.45, 7) is 7.95. The van der Waals surface area contributed by atoms with Crippen LogP contribution in [0.15, 0.2) is 24.8 Å². The van der Waals surface area contributed by atoms with Crippen LogP contribution in [0.1, 0.15) is 13.8 Å². The topological polar surface area (TPSA) is 18.5 Å². The van der Waals surface area contributed by atoms with Crippen molar-refractivity contribution in [3.8, 4) is 0 Å². The van der Waals surface area contributed by atoms with Gasteiger partial charge in [-0.25, -0.2) is 0 Å². The third-order valence-corrected chi connectivity index (χ3v) is 2.41. The summed E-state index contributed by atoms with van der Waals surface area (Å²) in [5, 5.41) is 1.76. The van der Waals surface area contributed by atoms with Crippen molar-refractivity contribution < 1.29 is 9.47 Å². The summed E-state index contributed by atoms with van der Waals surface area (Å²) in [5.41, 5.74) is 0. The summed E-state index contributed by atoms with van der Waals surface area (Å²) in [6.07, 6.45) is 5.96. The van der Waals surface area contributed by atoms with Crippen LogP contribution >= 0.6 is 31.9 Å². The molecule has 0 aliphatic carbocycles. The second-order valence-corrected chi connectivity index (χ2v) is 4.69. The fourth-order valence-corrected chi connectivity index (χ4v) is 1.23. The molecule has 0 N–H and O–H groups in total. The molecule has 1 aliphatic rings. The van der Waals surface area contributed by atoms with Crippen LogP contribution in [-0.2, 0) is 9.47 Å². The molecule has 1 heterocycles. The van der Waals surface area contributed by atoms with Gasteiger partial charge in [0, 0.05) is 10.7 Å². The Morgan fingerprint density at radius 1 is 1.40 bits per heavy atom. The van der Waals surface area contributed by atoms with E-state index in [1.807, 2.05) is 26.0 Å². The van der Waals surface area contributed by atoms with E-state index in [0.29, 0.717) is 6.61 Å². The summed E-state index contributed by atoms with van der Waals surface area (Å²) in [7, 11) is 0. The first kappa shape index (κ1) is 15.4. The Morgan fingerprint density at radius 3 is 2.33 bits per heavy atom. The van der Waals surface area contributed by atoms with Gasteiger partial charge in [-0.05, 0) is 13.8 Å². The van der Waals surface area contributed by atoms with E-state index in [4.69, 9.17) is 9.47 Å². The summed E-state index contributed by atoms with van der Waals surface area (Å²) in [5.74, 6) is -0.401. The second-order valence-electron chi connectivity index (χ2n) is 3.39. The molecular weight excluding hydrogens is 324 g/mol. The van der Waals surface area contributed by atoms with Crippen LogP contribution in [0.4, 0.5) is 0 Å². The van der Waals surface area contributed by atoms with Crippen molar-refractivity contribution in [1.29, 1.82) is 0 Å². The molecule has 1 aliphatic heterocycles. The van der Waals surface area contributed by atoms with E-state index in [9.17, 15) is 0 Å². The zero-order valence-electron chi connectivity index (χ0n) is 9.21. The first-order valence-electron chi connectivity index (χ1n) is 4.77. The van der Waals surface area contributed by atoms with Crippen LogP contribution in [0.5, 0.6) is 0 Å². The molecule has 1 rings (SSSR count). The monoisotopic (exact) mass is 340 g/mol. The lowest BCUT2D eigenvalue weighted by Gasteiger charge is -2.15. The van der Waals surface area contributed by atoms with E-state index in [1.54, 1.807) is 6.08 Å². The van der Waals surface area contributed by atoms with Gasteiger partial charge >= 0.3 is 0 Å². The van der Waals surface area contributed by atoms with Crippen molar-refractivity contribution in [2.75, 3.05) is 17.3 Å². The van der Waals surface area contributed by atoms with Crippen LogP contribution in [0, 0.1) is 0 Å². The van der Waals surface area contributed by atoms with Crippen LogP contribution in [-0.4, -0.2) is 29.2 Å². The lowest BCUT2D eigenvalue weighted by Crippen LogP contribution is -2.20. The quantitative estimate of drug-likeness (QED) is 0.576. The third kappa shape index (κ3) is 8.20. The van der Waals surface area contributed by atoms with Gasteiger partial charge in [0.15, 0.2) is 5.79 Å². The largest absolute Gasteiger partial charge is 0.347 e. The van der Waals surface area contributed by atoms with Gasteiger partial charge in [0.1, 0.15) is 6.10 Å². The minimum absolute atomic E-state index is 0.127. The average Bonchev–Trinajstić information content (AvgIpc) is 2.55. The number of alkyl halides is 2. The maximum Gasteiger partial charge on any atom is 0.163 e. The molecule has 0 aromatic heterocycles. The van der Waals surface area contributed by atoms with Crippen LogP contribution < -0.4 is 0 Å². The fraction of sp³-hybridized carbons (Fsp3) is 0.636. The maximum absolute atomic E-state index is 5.52. The minimum atomic E-state index is -0.401. The van der Waals surface area contributed by atoms with Crippen molar-refractivity contribution in [3.05, 3.63) is 24.8 Å². The summed E-state index contributed by atoms with van der Waals surface area (Å²) < 4.78 is 10.9. The molecule has 0 aromatic rings. The van der Waals surface area contributed by atoms with Gasteiger partial charge in [-0.15, -0.1) is 6.58 Å². The van der Waals surface area contributed by atoms with Gasteiger partial charge < -0.3 is 9.47 Å². The molecule has 1 saturated heterocycles. The minimum Gasteiger partial charge on any atom is -0.347 e. The molecule has 0 amide bonds. The molecule has 2 nitrogen and oxygen atoms in total. The highest BCUT2D eigenvalue weighted by Crippen LogP contribution is 2.22. The Morgan fingerprint density at radius 2 is 2.00 bits per heavy atom. The van der Waals surface area contributed by atoms with Crippen molar-refractivity contribution in [3.63, 3.8) is 0 Å². The average molecular weight is 342 g/mol. The zero-order chi connectivity index (χ0) is 11.7. The fourth-order valence-electron chi connectivity index (χ4n) is 1.01. The smallest absolute Gasteiger partial charge is 0.163 e. The predicted octanol–water partition coefficient (Wildman–Crippen LogP) is 3.66. The van der Waals surface area contributed by atoms with Gasteiger partial charge in [-0.3, -0.25) is 0 Å². The number of halogens is 2. The first-order valence-corrected chi connectivity index (χ1v) is 7.01. The molecular formula is C11H18Br2O2. The predicted molar refractivity (Wildman–Crippen MR) is 71.8 cm³/mol. The van der Waals surface area contributed by atoms with Gasteiger partial charge in [-0.1, -0.05) is 50.1 Å². The number of ether oxygens (including phenoxy) is 2. The van der Waals surface area contributed by atoms with Gasteiger partial charge in [0.05, 0.1) is 6.61 Å². The van der Waals surface area contributed by atoms with E-state index in [0.717, 1.165) is 10.7 Å². The number of hydrogen-bond donors (Lipinski definition) is 0. The van der Waals surface area contributed by atoms with Crippen molar-refractivity contribution in [2.24, 2.45) is 0 Å². The summed E-state index contributed by atoms with van der Waals surface area (Å²) in [4.78, 5) is 0. The first-order chi connectivity index (χ1) is 7.05. The van der Waals surface area contributed by atoms with E-state index in [-0.39, 0.29) is 6.10 Å². The lowest BCUT2D eigenvalue weighted by atomic mass is 10.3. The molecule has 15 heavy (non-hydrogen) atoms. The highest BCUT2D eigenvalue weighted by molar-refractivity contribution is 9.09. The van der Waals surface area contributed by atoms with E-state index in [2.05, 4.69) is 38.4 Å². The zero-order valence-corrected chi connectivity index (χ0v) is 12.4. The van der Waals surface area contributed by atoms with Crippen molar-refractivity contribution in [1.82, 2.24) is 0 Å². The SMILES string of the molecule is C=CCBr.CC1(C)OCC(/C=C/CBr)O1. The molecule has 1 atom stereocenters. The molecule has 1 unspecified atom stereocenters. The molecule has 0 aromatic carbocycles. The van der Waals surface area contributed by atoms with Crippen LogP contribution in [0.3, 0.4) is 0 Å². The molecule has 4 heteroatoms. The Bertz CT molecular complexity index is 203. The molecule has 88 valence electrons. The summed E-state index contributed by atoms with van der Waals surface area (Å²) in [6, 6.07) is 0. The second kappa shape index (κ2) is 8.50. The number of hydrogen-bond acceptors (Lipinski definition) is 2. The molecule has 0 bridgehead atoms. The normalized spacial score (nSPS) is 23.6. The Balaban J connectivity index is 0.000000423. The summed E-state index contributed by atoms with van der Waals surface area (Å²) >= 11 is 6.43. The third-order valence-electron chi connectivity index (χ3n) is 1.58. The lowest BCUT2D eigenvalue weighted by molar-refractivity contribution is -0.133. The van der Waals surface area contributed by atoms with Crippen molar-refractivity contribution >= 4 is 31.9 Å². The van der Waals surface area contributed by atoms with Gasteiger partial charge in [-0.2, -0.15) is 0 Å². The standard InChI is InChI=1S/C8H13BrO2.C3H5Br/c1-8(2)10-6-7(11-8)4-3-5-9;1-2-3-4/h3-4,7H,5-6H2,1-2H3;2H,1,3H2/b4-3+;. The van der Waals surface area contributed by atoms with Crippen molar-refractivity contribution in [2.45, 2.75) is 25.7 Å². The van der Waals surface area contributed by atoms with Gasteiger partial charge in [0.25, 0.3) is 0 Å².